The number of ether oxygens (including phenoxy) is 2. The maximum Gasteiger partial charge on any atom is 0.102 e. The molecule has 1 aliphatic heterocycles. The van der Waals surface area contributed by atoms with Crippen molar-refractivity contribution in [2.24, 2.45) is 5.73 Å². The highest BCUT2D eigenvalue weighted by Crippen LogP contribution is 2.23. The number of rotatable bonds is 5. The van der Waals surface area contributed by atoms with Crippen LogP contribution in [0.3, 0.4) is 0 Å². The molecule has 1 aliphatic rings. The van der Waals surface area contributed by atoms with Crippen LogP contribution in [0.25, 0.3) is 0 Å². The van der Waals surface area contributed by atoms with Gasteiger partial charge in [-0.15, -0.1) is 0 Å². The van der Waals surface area contributed by atoms with Crippen LogP contribution in [0.5, 0.6) is 0 Å². The van der Waals surface area contributed by atoms with Crippen LogP contribution in [0.1, 0.15) is 43.9 Å². The van der Waals surface area contributed by atoms with Gasteiger partial charge >= 0.3 is 0 Å². The Kier molecular flexibility index (Phi) is 5.54. The minimum atomic E-state index is -0.588. The summed E-state index contributed by atoms with van der Waals surface area (Å²) in [5.41, 5.74) is 7.49. The second kappa shape index (κ2) is 7.18. The number of aliphatic hydroxyl groups is 1. The Bertz CT molecular complexity index is 397. The van der Waals surface area contributed by atoms with Crippen LogP contribution < -0.4 is 5.73 Å². The molecule has 0 aromatic heterocycles. The second-order valence-corrected chi connectivity index (χ2v) is 5.65. The zero-order valence-electron chi connectivity index (χ0n) is 12.3. The molecule has 0 radical (unpaired) electrons. The maximum atomic E-state index is 10.2. The molecule has 112 valence electrons. The largest absolute Gasteiger partial charge is 0.386 e. The lowest BCUT2D eigenvalue weighted by Crippen LogP contribution is -2.34. The molecule has 0 bridgehead atoms. The Hall–Kier alpha value is -0.940. The third-order valence-corrected chi connectivity index (χ3v) is 3.74. The zero-order chi connectivity index (χ0) is 14.5. The van der Waals surface area contributed by atoms with Crippen LogP contribution in [0, 0.1) is 0 Å². The lowest BCUT2D eigenvalue weighted by Gasteiger charge is -2.32. The highest BCUT2D eigenvalue weighted by molar-refractivity contribution is 5.24. The predicted molar refractivity (Wildman–Crippen MR) is 78.3 cm³/mol. The minimum Gasteiger partial charge on any atom is -0.386 e. The average Bonchev–Trinajstić information content (AvgIpc) is 2.44. The van der Waals surface area contributed by atoms with Gasteiger partial charge in [0.2, 0.25) is 0 Å². The summed E-state index contributed by atoms with van der Waals surface area (Å²) in [4.78, 5) is 0. The lowest BCUT2D eigenvalue weighted by molar-refractivity contribution is -0.113. The van der Waals surface area contributed by atoms with E-state index in [0.717, 1.165) is 24.0 Å². The Morgan fingerprint density at radius 3 is 2.40 bits per heavy atom. The molecule has 1 aromatic carbocycles. The third kappa shape index (κ3) is 4.28. The van der Waals surface area contributed by atoms with Crippen LogP contribution >= 0.6 is 0 Å². The molecule has 20 heavy (non-hydrogen) atoms. The van der Waals surface area contributed by atoms with Crippen molar-refractivity contribution in [1.82, 2.24) is 0 Å². The van der Waals surface area contributed by atoms with Crippen molar-refractivity contribution in [2.45, 2.75) is 57.6 Å². The number of hydrogen-bond acceptors (Lipinski definition) is 4. The Morgan fingerprint density at radius 2 is 1.85 bits per heavy atom. The molecule has 3 atom stereocenters. The third-order valence-electron chi connectivity index (χ3n) is 3.74. The molecule has 4 heteroatoms. The first kappa shape index (κ1) is 15.4. The number of benzene rings is 1. The summed E-state index contributed by atoms with van der Waals surface area (Å²) in [6, 6.07) is 7.70. The lowest BCUT2D eigenvalue weighted by atomic mass is 10.0. The van der Waals surface area contributed by atoms with E-state index < -0.39 is 6.10 Å². The summed E-state index contributed by atoms with van der Waals surface area (Å²) >= 11 is 0. The van der Waals surface area contributed by atoms with Gasteiger partial charge < -0.3 is 20.3 Å². The average molecular weight is 279 g/mol. The van der Waals surface area contributed by atoms with Crippen molar-refractivity contribution in [3.63, 3.8) is 0 Å². The normalized spacial score (nSPS) is 28.3. The van der Waals surface area contributed by atoms with Crippen molar-refractivity contribution >= 4 is 0 Å². The quantitative estimate of drug-likeness (QED) is 0.867. The first-order valence-corrected chi connectivity index (χ1v) is 7.32. The highest BCUT2D eigenvalue weighted by atomic mass is 16.5. The summed E-state index contributed by atoms with van der Waals surface area (Å²) in [7, 11) is 0. The molecule has 1 heterocycles. The first-order chi connectivity index (χ1) is 9.58. The fourth-order valence-corrected chi connectivity index (χ4v) is 2.68. The van der Waals surface area contributed by atoms with E-state index in [0.29, 0.717) is 13.2 Å². The topological polar surface area (TPSA) is 64.7 Å². The minimum absolute atomic E-state index is 0.173. The smallest absolute Gasteiger partial charge is 0.102 e. The number of nitrogens with two attached hydrogens (primary N) is 1. The zero-order valence-corrected chi connectivity index (χ0v) is 12.3. The fraction of sp³-hybridized carbons (Fsp3) is 0.625. The first-order valence-electron chi connectivity index (χ1n) is 7.32. The van der Waals surface area contributed by atoms with Gasteiger partial charge in [-0.2, -0.15) is 0 Å². The van der Waals surface area contributed by atoms with E-state index in [9.17, 15) is 5.11 Å². The number of hydrogen-bond donors (Lipinski definition) is 2. The summed E-state index contributed by atoms with van der Waals surface area (Å²) in [5.74, 6) is 0. The molecule has 0 amide bonds. The van der Waals surface area contributed by atoms with Crippen LogP contribution in [0.2, 0.25) is 0 Å². The van der Waals surface area contributed by atoms with Crippen molar-refractivity contribution in [2.75, 3.05) is 6.61 Å². The van der Waals surface area contributed by atoms with Crippen molar-refractivity contribution in [1.29, 1.82) is 0 Å². The summed E-state index contributed by atoms with van der Waals surface area (Å²) in [6.45, 7) is 4.97. The van der Waals surface area contributed by atoms with Gasteiger partial charge in [-0.1, -0.05) is 24.3 Å². The van der Waals surface area contributed by atoms with E-state index in [1.807, 2.05) is 24.3 Å². The predicted octanol–water partition coefficient (Wildman–Crippen LogP) is 2.15. The van der Waals surface area contributed by atoms with Crippen LogP contribution in [0.15, 0.2) is 24.3 Å². The standard InChI is InChI=1S/C16H25NO3/c1-11-7-15(8-12(2)20-11)19-10-16(18)14-5-3-13(9-17)4-6-14/h3-6,11-12,15-16,18H,7-10,17H2,1-2H3. The van der Waals surface area contributed by atoms with Crippen LogP contribution in [-0.4, -0.2) is 30.0 Å². The van der Waals surface area contributed by atoms with E-state index in [2.05, 4.69) is 13.8 Å². The Balaban J connectivity index is 1.83. The molecule has 0 spiro atoms. The fourth-order valence-electron chi connectivity index (χ4n) is 2.68. The van der Waals surface area contributed by atoms with Gasteiger partial charge in [-0.05, 0) is 37.8 Å². The summed E-state index contributed by atoms with van der Waals surface area (Å²) in [5, 5.41) is 10.2. The van der Waals surface area contributed by atoms with E-state index in [-0.39, 0.29) is 18.3 Å². The number of aliphatic hydroxyl groups excluding tert-OH is 1. The van der Waals surface area contributed by atoms with Crippen molar-refractivity contribution < 1.29 is 14.6 Å². The van der Waals surface area contributed by atoms with Gasteiger partial charge in [0, 0.05) is 6.54 Å². The molecular formula is C16H25NO3. The van der Waals surface area contributed by atoms with Gasteiger partial charge in [0.15, 0.2) is 0 Å². The van der Waals surface area contributed by atoms with E-state index in [1.165, 1.54) is 0 Å². The molecule has 0 aliphatic carbocycles. The summed E-state index contributed by atoms with van der Waals surface area (Å²) < 4.78 is 11.5. The van der Waals surface area contributed by atoms with Gasteiger partial charge in [-0.3, -0.25) is 0 Å². The monoisotopic (exact) mass is 279 g/mol. The van der Waals surface area contributed by atoms with Crippen LogP contribution in [0.4, 0.5) is 0 Å². The van der Waals surface area contributed by atoms with E-state index >= 15 is 0 Å². The van der Waals surface area contributed by atoms with Crippen molar-refractivity contribution in [3.8, 4) is 0 Å². The SMILES string of the molecule is CC1CC(OCC(O)c2ccc(CN)cc2)CC(C)O1. The molecule has 1 saturated heterocycles. The van der Waals surface area contributed by atoms with Gasteiger partial charge in [-0.25, -0.2) is 0 Å². The van der Waals surface area contributed by atoms with Gasteiger partial charge in [0.1, 0.15) is 6.10 Å². The van der Waals surface area contributed by atoms with Gasteiger partial charge in [0.05, 0.1) is 24.9 Å². The second-order valence-electron chi connectivity index (χ2n) is 5.65. The van der Waals surface area contributed by atoms with Crippen LogP contribution in [-0.2, 0) is 16.0 Å². The van der Waals surface area contributed by atoms with Gasteiger partial charge in [0.25, 0.3) is 0 Å². The molecule has 4 nitrogen and oxygen atoms in total. The van der Waals surface area contributed by atoms with Crippen molar-refractivity contribution in [3.05, 3.63) is 35.4 Å². The highest BCUT2D eigenvalue weighted by Gasteiger charge is 2.25. The Morgan fingerprint density at radius 1 is 1.25 bits per heavy atom. The van der Waals surface area contributed by atoms with E-state index in [1.54, 1.807) is 0 Å². The molecule has 3 unspecified atom stereocenters. The molecule has 2 rings (SSSR count). The molecule has 1 aromatic rings. The maximum absolute atomic E-state index is 10.2. The molecule has 3 N–H and O–H groups in total. The Labute approximate surface area is 120 Å². The molecule has 0 saturated carbocycles. The molecular weight excluding hydrogens is 254 g/mol. The summed E-state index contributed by atoms with van der Waals surface area (Å²) in [6.07, 6.45) is 1.82. The molecule has 1 fully saturated rings. The van der Waals surface area contributed by atoms with E-state index in [4.69, 9.17) is 15.2 Å².